The van der Waals surface area contributed by atoms with Crippen LogP contribution in [0, 0.1) is 6.20 Å². The summed E-state index contributed by atoms with van der Waals surface area (Å²) in [5, 5.41) is 0.879. The molecule has 0 atom stereocenters. The van der Waals surface area contributed by atoms with Crippen LogP contribution in [0.25, 0.3) is 74.1 Å². The molecule has 0 spiro atoms. The van der Waals surface area contributed by atoms with E-state index in [1.165, 1.54) is 0 Å². The van der Waals surface area contributed by atoms with E-state index in [0.717, 1.165) is 74.1 Å². The highest BCUT2D eigenvalue weighted by molar-refractivity contribution is 7.23. The van der Waals surface area contributed by atoms with Gasteiger partial charge in [-0.15, -0.1) is 45.3 Å². The van der Waals surface area contributed by atoms with Gasteiger partial charge in [-0.2, -0.15) is 0 Å². The predicted molar refractivity (Wildman–Crippen MR) is 145 cm³/mol. The second kappa shape index (κ2) is 7.83. The lowest BCUT2D eigenvalue weighted by Crippen LogP contribution is -1.90. The average molecular weight is 538 g/mol. The third-order valence-electron chi connectivity index (χ3n) is 5.81. The number of hydrogen-bond acceptors (Lipinski definition) is 12. The first kappa shape index (κ1) is 20.4. The van der Waals surface area contributed by atoms with Crippen molar-refractivity contribution in [2.24, 2.45) is 0 Å². The lowest BCUT2D eigenvalue weighted by Gasteiger charge is -2.05. The fourth-order valence-corrected chi connectivity index (χ4v) is 7.59. The molecule has 8 heterocycles. The fourth-order valence-electron chi connectivity index (χ4n) is 4.23. The summed E-state index contributed by atoms with van der Waals surface area (Å²) in [6.45, 7) is 0. The number of fused-ring (bicyclic) bond motifs is 4. The lowest BCUT2D eigenvalue weighted by atomic mass is 10.1. The minimum absolute atomic E-state index is 0.723. The van der Waals surface area contributed by atoms with E-state index in [2.05, 4.69) is 31.1 Å². The molecule has 12 heteroatoms. The van der Waals surface area contributed by atoms with E-state index < -0.39 is 0 Å². The first-order valence-corrected chi connectivity index (χ1v) is 14.1. The highest BCUT2D eigenvalue weighted by Crippen LogP contribution is 2.42. The van der Waals surface area contributed by atoms with Gasteiger partial charge < -0.3 is 0 Å². The van der Waals surface area contributed by atoms with Gasteiger partial charge in [-0.3, -0.25) is 15.0 Å². The summed E-state index contributed by atoms with van der Waals surface area (Å²) in [6, 6.07) is 3.98. The normalized spacial score (nSPS) is 11.9. The van der Waals surface area contributed by atoms with E-state index in [1.54, 1.807) is 63.3 Å². The van der Waals surface area contributed by atoms with Crippen molar-refractivity contribution in [1.82, 2.24) is 39.9 Å². The topological polar surface area (TPSA) is 103 Å². The molecule has 0 aliphatic rings. The molecule has 0 bridgehead atoms. The second-order valence-corrected chi connectivity index (χ2v) is 11.3. The van der Waals surface area contributed by atoms with Crippen LogP contribution in [0.1, 0.15) is 0 Å². The van der Waals surface area contributed by atoms with Crippen LogP contribution in [0.3, 0.4) is 0 Å². The lowest BCUT2D eigenvalue weighted by molar-refractivity contribution is 1.29. The fraction of sp³-hybridized carbons (Fsp3) is 0. The van der Waals surface area contributed by atoms with Crippen molar-refractivity contribution in [1.29, 1.82) is 0 Å². The number of pyridine rings is 4. The van der Waals surface area contributed by atoms with Gasteiger partial charge in [0.1, 0.15) is 33.4 Å². The van der Waals surface area contributed by atoms with Crippen LogP contribution < -0.4 is 0 Å². The van der Waals surface area contributed by atoms with E-state index in [0.29, 0.717) is 0 Å². The monoisotopic (exact) mass is 537 g/mol. The Labute approximate surface area is 218 Å². The Kier molecular flexibility index (Phi) is 4.43. The molecular weight excluding hydrogens is 529 g/mol. The van der Waals surface area contributed by atoms with Gasteiger partial charge in [0.25, 0.3) is 0 Å². The Hall–Kier alpha value is -3.84. The van der Waals surface area contributed by atoms with Gasteiger partial charge in [-0.1, -0.05) is 0 Å². The van der Waals surface area contributed by atoms with Crippen molar-refractivity contribution in [2.45, 2.75) is 0 Å². The Morgan fingerprint density at radius 2 is 1.47 bits per heavy atom. The first-order valence-electron chi connectivity index (χ1n) is 10.6. The van der Waals surface area contributed by atoms with Crippen molar-refractivity contribution >= 4 is 86.3 Å². The number of nitrogens with zero attached hydrogens (tertiary/aromatic N) is 8. The maximum atomic E-state index is 5.06. The van der Waals surface area contributed by atoms with Crippen LogP contribution in [0.4, 0.5) is 0 Å². The van der Waals surface area contributed by atoms with E-state index in [4.69, 9.17) is 15.0 Å². The van der Waals surface area contributed by atoms with Gasteiger partial charge in [-0.25, -0.2) is 24.9 Å². The summed E-state index contributed by atoms with van der Waals surface area (Å²) in [6.07, 6.45) is 10.2. The molecule has 0 unspecified atom stereocenters. The summed E-state index contributed by atoms with van der Waals surface area (Å²) in [4.78, 5) is 36.6. The molecule has 0 aromatic carbocycles. The molecule has 8 aromatic rings. The molecule has 0 N–H and O–H groups in total. The summed E-state index contributed by atoms with van der Waals surface area (Å²) in [5.74, 6) is 0. The van der Waals surface area contributed by atoms with Crippen molar-refractivity contribution in [2.75, 3.05) is 0 Å². The van der Waals surface area contributed by atoms with Gasteiger partial charge in [0.2, 0.25) is 0 Å². The second-order valence-electron chi connectivity index (χ2n) is 7.75. The number of hydrogen-bond donors (Lipinski definition) is 0. The van der Waals surface area contributed by atoms with Crippen LogP contribution in [0.15, 0.2) is 53.5 Å². The third kappa shape index (κ3) is 2.95. The van der Waals surface area contributed by atoms with Crippen LogP contribution in [0.5, 0.6) is 0 Å². The molecule has 0 saturated heterocycles. The molecule has 1 radical (unpaired) electrons. The van der Waals surface area contributed by atoms with E-state index >= 15 is 0 Å². The molecule has 0 amide bonds. The average Bonchev–Trinajstić information content (AvgIpc) is 3.72. The number of rotatable bonds is 3. The van der Waals surface area contributed by atoms with Crippen molar-refractivity contribution in [3.8, 4) is 33.1 Å². The van der Waals surface area contributed by atoms with Gasteiger partial charge in [0.15, 0.2) is 5.65 Å². The Bertz CT molecular complexity index is 2090. The number of aromatic nitrogens is 8. The molecule has 0 fully saturated rings. The Morgan fingerprint density at radius 3 is 2.47 bits per heavy atom. The molecule has 8 aromatic heterocycles. The van der Waals surface area contributed by atoms with E-state index in [1.807, 2.05) is 35.5 Å². The highest BCUT2D eigenvalue weighted by Gasteiger charge is 2.20. The van der Waals surface area contributed by atoms with Crippen LogP contribution in [-0.2, 0) is 0 Å². The summed E-state index contributed by atoms with van der Waals surface area (Å²) in [5.41, 5.74) is 13.1. The first-order chi connectivity index (χ1) is 17.8. The molecule has 8 nitrogen and oxygen atoms in total. The summed E-state index contributed by atoms with van der Waals surface area (Å²) < 4.78 is 4.10. The predicted octanol–water partition coefficient (Wildman–Crippen LogP) is 6.51. The Morgan fingerprint density at radius 1 is 0.639 bits per heavy atom. The summed E-state index contributed by atoms with van der Waals surface area (Å²) in [7, 11) is 0. The molecule has 0 aliphatic heterocycles. The van der Waals surface area contributed by atoms with Gasteiger partial charge >= 0.3 is 0 Å². The quantitative estimate of drug-likeness (QED) is 0.251. The van der Waals surface area contributed by atoms with Crippen molar-refractivity contribution < 1.29 is 0 Å². The molecule has 0 aliphatic carbocycles. The van der Waals surface area contributed by atoms with Crippen LogP contribution in [-0.4, -0.2) is 39.9 Å². The minimum atomic E-state index is 0.723. The molecule has 0 saturated carbocycles. The largest absolute Gasteiger partial charge is 0.254 e. The van der Waals surface area contributed by atoms with Gasteiger partial charge in [0.05, 0.1) is 41.0 Å². The SMILES string of the molecule is [c]1ncc(-c2ncc(-c3nc4c(-c5ccnc6ncsc56)nccc4s3)c3scnc23)c2scnc12. The highest BCUT2D eigenvalue weighted by atomic mass is 32.1. The smallest absolute Gasteiger partial charge is 0.170 e. The van der Waals surface area contributed by atoms with Crippen molar-refractivity contribution in [3.05, 3.63) is 59.6 Å². The number of thiazole rings is 4. The van der Waals surface area contributed by atoms with Crippen LogP contribution >= 0.6 is 45.3 Å². The van der Waals surface area contributed by atoms with Crippen molar-refractivity contribution in [3.63, 3.8) is 0 Å². The minimum Gasteiger partial charge on any atom is -0.254 e. The van der Waals surface area contributed by atoms with E-state index in [9.17, 15) is 0 Å². The standard InChI is InChI=1S/C24H9N8S4/c1-3-27-23-22(35-10-31-23)11(1)16-18-15(2-4-26-16)36-24(32-18)13-6-28-17(19-21(13)34-9-30-19)12-5-25-7-14-20(12)33-8-29-14/h1-6,8-10H. The van der Waals surface area contributed by atoms with Gasteiger partial charge in [-0.05, 0) is 12.1 Å². The van der Waals surface area contributed by atoms with Crippen LogP contribution in [0.2, 0.25) is 0 Å². The molecule has 169 valence electrons. The van der Waals surface area contributed by atoms with Gasteiger partial charge in [0, 0.05) is 41.5 Å². The maximum absolute atomic E-state index is 5.06. The summed E-state index contributed by atoms with van der Waals surface area (Å²) >= 11 is 6.32. The molecular formula is C24H9N8S4. The van der Waals surface area contributed by atoms with E-state index in [-0.39, 0.29) is 0 Å². The third-order valence-corrected chi connectivity index (χ3v) is 9.44. The zero-order valence-electron chi connectivity index (χ0n) is 17.9. The molecule has 8 rings (SSSR count). The zero-order valence-corrected chi connectivity index (χ0v) is 21.2. The zero-order chi connectivity index (χ0) is 23.6. The maximum Gasteiger partial charge on any atom is 0.170 e. The molecule has 36 heavy (non-hydrogen) atoms. The Balaban J connectivity index is 1.33.